The van der Waals surface area contributed by atoms with Crippen LogP contribution in [-0.4, -0.2) is 27.5 Å². The molecule has 2 N–H and O–H groups in total. The van der Waals surface area contributed by atoms with Crippen LogP contribution in [0.3, 0.4) is 0 Å². The Bertz CT molecular complexity index is 716. The molecule has 1 amide bonds. The van der Waals surface area contributed by atoms with Crippen LogP contribution in [0.2, 0.25) is 0 Å². The van der Waals surface area contributed by atoms with E-state index in [1.807, 2.05) is 37.3 Å². The molecule has 6 nitrogen and oxygen atoms in total. The molecule has 1 heterocycles. The molecular weight excluding hydrogens is 320 g/mol. The zero-order valence-electron chi connectivity index (χ0n) is 14.4. The number of ether oxygens (including phenoxy) is 1. The zero-order valence-corrected chi connectivity index (χ0v) is 14.4. The van der Waals surface area contributed by atoms with Crippen LogP contribution in [-0.2, 0) is 11.4 Å². The number of carbonyl (C=O) groups excluding carboxylic acids is 1. The van der Waals surface area contributed by atoms with Gasteiger partial charge in [-0.25, -0.2) is 9.78 Å². The quantitative estimate of drug-likeness (QED) is 0.770. The smallest absolute Gasteiger partial charge is 0.329 e. The van der Waals surface area contributed by atoms with Crippen LogP contribution in [0.25, 0.3) is 0 Å². The van der Waals surface area contributed by atoms with Gasteiger partial charge in [0.25, 0.3) is 5.91 Å². The summed E-state index contributed by atoms with van der Waals surface area (Å²) >= 11 is 0. The van der Waals surface area contributed by atoms with Crippen molar-refractivity contribution < 1.29 is 19.4 Å². The molecule has 1 atom stereocenters. The number of carbonyl (C=O) groups is 2. The van der Waals surface area contributed by atoms with E-state index in [1.165, 1.54) is 13.1 Å². The van der Waals surface area contributed by atoms with Crippen LogP contribution in [0.4, 0.5) is 0 Å². The van der Waals surface area contributed by atoms with Gasteiger partial charge in [0.05, 0.1) is 5.56 Å². The molecule has 0 spiro atoms. The number of amides is 1. The van der Waals surface area contributed by atoms with Gasteiger partial charge in [0.2, 0.25) is 5.88 Å². The van der Waals surface area contributed by atoms with E-state index < -0.39 is 17.4 Å². The Labute approximate surface area is 146 Å². The predicted molar refractivity (Wildman–Crippen MR) is 93.4 cm³/mol. The SMILES string of the molecule is CCCC(C)(NC(=O)c1ccc(OCc2ccccc2)nc1)C(=O)O. The van der Waals surface area contributed by atoms with Crippen molar-refractivity contribution in [3.63, 3.8) is 0 Å². The molecular formula is C19H22N2O4. The molecule has 2 aromatic rings. The highest BCUT2D eigenvalue weighted by Crippen LogP contribution is 2.15. The third-order valence-corrected chi connectivity index (χ3v) is 3.84. The lowest BCUT2D eigenvalue weighted by molar-refractivity contribution is -0.144. The number of benzene rings is 1. The van der Waals surface area contributed by atoms with Gasteiger partial charge >= 0.3 is 5.97 Å². The van der Waals surface area contributed by atoms with E-state index >= 15 is 0 Å². The standard InChI is InChI=1S/C19H22N2O4/c1-3-11-19(2,18(23)24)21-17(22)15-9-10-16(20-12-15)25-13-14-7-5-4-6-8-14/h4-10,12H,3,11,13H2,1-2H3,(H,21,22)(H,23,24). The second kappa shape index (κ2) is 8.28. The highest BCUT2D eigenvalue weighted by Gasteiger charge is 2.34. The molecule has 0 saturated heterocycles. The maximum Gasteiger partial charge on any atom is 0.329 e. The van der Waals surface area contributed by atoms with Gasteiger partial charge in [-0.15, -0.1) is 0 Å². The fraction of sp³-hybridized carbons (Fsp3) is 0.316. The first-order chi connectivity index (χ1) is 11.9. The topological polar surface area (TPSA) is 88.5 Å². The second-order valence-electron chi connectivity index (χ2n) is 6.00. The molecule has 25 heavy (non-hydrogen) atoms. The molecule has 1 aromatic carbocycles. The Morgan fingerprint density at radius 3 is 2.48 bits per heavy atom. The maximum absolute atomic E-state index is 12.3. The number of hydrogen-bond acceptors (Lipinski definition) is 4. The average Bonchev–Trinajstić information content (AvgIpc) is 2.61. The molecule has 0 aliphatic rings. The van der Waals surface area contributed by atoms with Gasteiger partial charge in [-0.3, -0.25) is 4.79 Å². The molecule has 0 bridgehead atoms. The minimum atomic E-state index is -1.30. The van der Waals surface area contributed by atoms with Crippen LogP contribution >= 0.6 is 0 Å². The first-order valence-corrected chi connectivity index (χ1v) is 8.13. The van der Waals surface area contributed by atoms with Gasteiger partial charge in [0.1, 0.15) is 12.1 Å². The van der Waals surface area contributed by atoms with E-state index in [0.717, 1.165) is 5.56 Å². The Morgan fingerprint density at radius 2 is 1.92 bits per heavy atom. The summed E-state index contributed by atoms with van der Waals surface area (Å²) in [6.07, 6.45) is 2.37. The van der Waals surface area contributed by atoms with Crippen LogP contribution in [0, 0.1) is 0 Å². The van der Waals surface area contributed by atoms with E-state index in [2.05, 4.69) is 10.3 Å². The predicted octanol–water partition coefficient (Wildman–Crippen LogP) is 3.03. The number of carboxylic acid groups (broad SMARTS) is 1. The van der Waals surface area contributed by atoms with Gasteiger partial charge in [0, 0.05) is 12.3 Å². The van der Waals surface area contributed by atoms with Crippen molar-refractivity contribution in [3.05, 3.63) is 59.8 Å². The van der Waals surface area contributed by atoms with Gasteiger partial charge < -0.3 is 15.2 Å². The van der Waals surface area contributed by atoms with Gasteiger partial charge in [-0.1, -0.05) is 43.7 Å². The molecule has 132 valence electrons. The molecule has 0 saturated carbocycles. The summed E-state index contributed by atoms with van der Waals surface area (Å²) in [6, 6.07) is 12.8. The van der Waals surface area contributed by atoms with Crippen molar-refractivity contribution in [2.45, 2.75) is 38.8 Å². The number of nitrogens with zero attached hydrogens (tertiary/aromatic N) is 1. The zero-order chi connectivity index (χ0) is 18.3. The van der Waals surface area contributed by atoms with E-state index in [1.54, 1.807) is 12.1 Å². The van der Waals surface area contributed by atoms with Crippen molar-refractivity contribution in [3.8, 4) is 5.88 Å². The summed E-state index contributed by atoms with van der Waals surface area (Å²) in [7, 11) is 0. The largest absolute Gasteiger partial charge is 0.480 e. The average molecular weight is 342 g/mol. The van der Waals surface area contributed by atoms with Crippen LogP contribution < -0.4 is 10.1 Å². The highest BCUT2D eigenvalue weighted by atomic mass is 16.5. The molecule has 0 radical (unpaired) electrons. The van der Waals surface area contributed by atoms with Crippen molar-refractivity contribution in [1.29, 1.82) is 0 Å². The second-order valence-corrected chi connectivity index (χ2v) is 6.00. The summed E-state index contributed by atoms with van der Waals surface area (Å²) in [4.78, 5) is 27.8. The third-order valence-electron chi connectivity index (χ3n) is 3.84. The molecule has 0 aliphatic heterocycles. The minimum Gasteiger partial charge on any atom is -0.480 e. The summed E-state index contributed by atoms with van der Waals surface area (Å²) in [5, 5.41) is 11.9. The third kappa shape index (κ3) is 5.04. The fourth-order valence-corrected chi connectivity index (χ4v) is 2.38. The Hall–Kier alpha value is -2.89. The molecule has 0 fully saturated rings. The maximum atomic E-state index is 12.3. The lowest BCUT2D eigenvalue weighted by Crippen LogP contribution is -2.52. The van der Waals surface area contributed by atoms with Gasteiger partial charge in [-0.05, 0) is 25.0 Å². The summed E-state index contributed by atoms with van der Waals surface area (Å²) in [6.45, 7) is 3.75. The molecule has 0 aliphatic carbocycles. The van der Waals surface area contributed by atoms with Crippen molar-refractivity contribution >= 4 is 11.9 Å². The first-order valence-electron chi connectivity index (χ1n) is 8.13. The number of rotatable bonds is 8. The Balaban J connectivity index is 1.99. The monoisotopic (exact) mass is 342 g/mol. The summed E-state index contributed by atoms with van der Waals surface area (Å²) in [5.74, 6) is -1.13. The number of hydrogen-bond donors (Lipinski definition) is 2. The highest BCUT2D eigenvalue weighted by molar-refractivity contribution is 5.97. The lowest BCUT2D eigenvalue weighted by atomic mass is 9.96. The first kappa shape index (κ1) is 18.4. The van der Waals surface area contributed by atoms with Crippen LogP contribution in [0.5, 0.6) is 5.88 Å². The summed E-state index contributed by atoms with van der Waals surface area (Å²) < 4.78 is 5.57. The van der Waals surface area contributed by atoms with Crippen molar-refractivity contribution in [2.75, 3.05) is 0 Å². The van der Waals surface area contributed by atoms with E-state index in [4.69, 9.17) is 4.74 Å². The van der Waals surface area contributed by atoms with Crippen LogP contribution in [0.15, 0.2) is 48.7 Å². The van der Waals surface area contributed by atoms with Crippen LogP contribution in [0.1, 0.15) is 42.6 Å². The number of nitrogens with one attached hydrogen (secondary N) is 1. The molecule has 6 heteroatoms. The Morgan fingerprint density at radius 1 is 1.20 bits per heavy atom. The number of aromatic nitrogens is 1. The molecule has 2 rings (SSSR count). The van der Waals surface area contributed by atoms with Gasteiger partial charge in [0.15, 0.2) is 0 Å². The van der Waals surface area contributed by atoms with Crippen molar-refractivity contribution in [1.82, 2.24) is 10.3 Å². The molecule has 1 aromatic heterocycles. The number of carboxylic acids is 1. The normalized spacial score (nSPS) is 12.9. The van der Waals surface area contributed by atoms with E-state index in [9.17, 15) is 14.7 Å². The summed E-state index contributed by atoms with van der Waals surface area (Å²) in [5.41, 5.74) is 0.00690. The van der Waals surface area contributed by atoms with Crippen molar-refractivity contribution in [2.24, 2.45) is 0 Å². The van der Waals surface area contributed by atoms with E-state index in [0.29, 0.717) is 25.3 Å². The molecule has 1 unspecified atom stereocenters. The minimum absolute atomic E-state index is 0.288. The Kier molecular flexibility index (Phi) is 6.11. The number of pyridine rings is 1. The lowest BCUT2D eigenvalue weighted by Gasteiger charge is -2.25. The number of aliphatic carboxylic acids is 1. The van der Waals surface area contributed by atoms with E-state index in [-0.39, 0.29) is 5.56 Å². The fourth-order valence-electron chi connectivity index (χ4n) is 2.38. The van der Waals surface area contributed by atoms with Gasteiger partial charge in [-0.2, -0.15) is 0 Å².